The van der Waals surface area contributed by atoms with Crippen molar-refractivity contribution < 1.29 is 35.9 Å². The monoisotopic (exact) mass is 688 g/mol. The predicted octanol–water partition coefficient (Wildman–Crippen LogP) is 0.986. The number of hydrogen-bond acceptors (Lipinski definition) is 11. The Kier molecular flexibility index (Phi) is 8.46. The lowest BCUT2D eigenvalue weighted by Crippen LogP contribution is -2.71. The summed E-state index contributed by atoms with van der Waals surface area (Å²) in [7, 11) is -0.967. The number of imidazole rings is 1. The first-order valence-electron chi connectivity index (χ1n) is 14.7. The number of nitrogens with zero attached hydrogens (tertiary/aromatic N) is 7. The predicted molar refractivity (Wildman–Crippen MR) is 162 cm³/mol. The zero-order chi connectivity index (χ0) is 33.2. The number of likely N-dealkylation sites (tertiary alicyclic amines) is 1. The van der Waals surface area contributed by atoms with E-state index >= 15 is 0 Å². The van der Waals surface area contributed by atoms with E-state index in [1.54, 1.807) is 11.8 Å². The summed E-state index contributed by atoms with van der Waals surface area (Å²) in [5.74, 6) is -0.132. The van der Waals surface area contributed by atoms with E-state index in [1.165, 1.54) is 23.8 Å². The molecule has 19 heteroatoms. The van der Waals surface area contributed by atoms with Gasteiger partial charge in [-0.05, 0) is 33.0 Å². The van der Waals surface area contributed by atoms with E-state index in [0.29, 0.717) is 42.2 Å². The van der Waals surface area contributed by atoms with Crippen LogP contribution in [0.25, 0.3) is 16.2 Å². The van der Waals surface area contributed by atoms with Gasteiger partial charge < -0.3 is 19.3 Å². The van der Waals surface area contributed by atoms with E-state index < -0.39 is 45.0 Å². The molecule has 1 atom stereocenters. The van der Waals surface area contributed by atoms with Gasteiger partial charge in [-0.15, -0.1) is 10.2 Å². The summed E-state index contributed by atoms with van der Waals surface area (Å²) in [4.78, 5) is 32.7. The van der Waals surface area contributed by atoms with Crippen LogP contribution in [0.2, 0.25) is 0 Å². The third-order valence-corrected chi connectivity index (χ3v) is 11.3. The molecular weight excluding hydrogens is 653 g/mol. The third kappa shape index (κ3) is 5.29. The van der Waals surface area contributed by atoms with Gasteiger partial charge in [0.1, 0.15) is 12.2 Å². The summed E-state index contributed by atoms with van der Waals surface area (Å²) in [5, 5.41) is 6.59. The Balaban J connectivity index is 1.46. The molecule has 46 heavy (non-hydrogen) atoms. The maximum Gasteiger partial charge on any atom is 0.335 e. The Bertz CT molecular complexity index is 1810. The van der Waals surface area contributed by atoms with Gasteiger partial charge in [0.05, 0.1) is 34.8 Å². The average molecular weight is 689 g/mol. The molecule has 6 rings (SSSR count). The quantitative estimate of drug-likeness (QED) is 0.328. The fourth-order valence-corrected chi connectivity index (χ4v) is 8.50. The number of sulfonamides is 1. The highest BCUT2D eigenvalue weighted by molar-refractivity contribution is 7.89. The summed E-state index contributed by atoms with van der Waals surface area (Å²) in [6.45, 7) is 4.27. The molecule has 1 aromatic carbocycles. The zero-order valence-corrected chi connectivity index (χ0v) is 27.3. The summed E-state index contributed by atoms with van der Waals surface area (Å²) in [6, 6.07) is 2.34. The number of anilines is 1. The van der Waals surface area contributed by atoms with Gasteiger partial charge in [0, 0.05) is 52.4 Å². The molecule has 0 spiro atoms. The van der Waals surface area contributed by atoms with Crippen molar-refractivity contribution in [2.45, 2.75) is 48.9 Å². The highest BCUT2D eigenvalue weighted by Gasteiger charge is 2.51. The average Bonchev–Trinajstić information content (AvgIpc) is 3.58. The van der Waals surface area contributed by atoms with Crippen molar-refractivity contribution in [2.75, 3.05) is 71.7 Å². The number of ether oxygens (including phenoxy) is 2. The van der Waals surface area contributed by atoms with Crippen LogP contribution in [0.15, 0.2) is 21.8 Å². The largest absolute Gasteiger partial charge is 0.377 e. The number of amides is 1. The van der Waals surface area contributed by atoms with Crippen LogP contribution in [0.4, 0.5) is 18.9 Å². The molecule has 252 valence electrons. The summed E-state index contributed by atoms with van der Waals surface area (Å²) >= 11 is 0.517. The number of fused-ring (bicyclic) bond motifs is 1. The van der Waals surface area contributed by atoms with Gasteiger partial charge in [0.25, 0.3) is 12.3 Å². The molecule has 5 heterocycles. The standard InChI is InChI=1S/C27H35F3N8O6S2/c1-5-36-20-18(35-6-7-37(16(2)10-35)23(39)27(43-4)12-34(3)13-27)8-17(46(41,42)33-26(11-28)14-44-15-26)9-19(20)38(25(36)40)24-32-31-22(45-24)21(29)30/h8-9,16,21,33H,5-7,10-15H2,1-4H3/t16-/m1/s1. The first-order valence-corrected chi connectivity index (χ1v) is 17.0. The Hall–Kier alpha value is -3.10. The molecule has 0 radical (unpaired) electrons. The normalized spacial score (nSPS) is 21.5. The maximum absolute atomic E-state index is 13.9. The van der Waals surface area contributed by atoms with Gasteiger partial charge in [0.2, 0.25) is 15.2 Å². The van der Waals surface area contributed by atoms with Crippen LogP contribution in [-0.4, -0.2) is 127 Å². The number of aromatic nitrogens is 4. The van der Waals surface area contributed by atoms with Crippen molar-refractivity contribution in [1.82, 2.24) is 33.9 Å². The van der Waals surface area contributed by atoms with E-state index in [4.69, 9.17) is 9.47 Å². The number of methoxy groups -OCH3 is 1. The number of hydrogen-bond donors (Lipinski definition) is 1. The highest BCUT2D eigenvalue weighted by atomic mass is 32.2. The fraction of sp³-hybridized carbons (Fsp3) is 0.630. The molecule has 0 saturated carbocycles. The SMILES string of the molecule is CCn1c(=O)n(-c2nnc(C(F)F)s2)c2cc(S(=O)(=O)NC3(CF)COC3)cc(N3CCN(C(=O)C4(OC)CN(C)C4)[C@H](C)C3)c21. The van der Waals surface area contributed by atoms with E-state index in [0.717, 1.165) is 4.57 Å². The summed E-state index contributed by atoms with van der Waals surface area (Å²) in [6.07, 6.45) is -2.92. The van der Waals surface area contributed by atoms with Gasteiger partial charge in [-0.2, -0.15) is 4.72 Å². The fourth-order valence-electron chi connectivity index (χ4n) is 6.40. The minimum atomic E-state index is -4.38. The topological polar surface area (TPSA) is 144 Å². The van der Waals surface area contributed by atoms with E-state index in [9.17, 15) is 31.2 Å². The number of rotatable bonds is 10. The Morgan fingerprint density at radius 2 is 1.96 bits per heavy atom. The van der Waals surface area contributed by atoms with E-state index in [1.807, 2.05) is 23.8 Å². The lowest BCUT2D eigenvalue weighted by molar-refractivity contribution is -0.177. The Labute approximate surface area is 266 Å². The molecule has 1 N–H and O–H groups in total. The van der Waals surface area contributed by atoms with Crippen LogP contribution in [0.3, 0.4) is 0 Å². The molecule has 3 aliphatic heterocycles. The molecule has 2 aromatic heterocycles. The van der Waals surface area contributed by atoms with E-state index in [2.05, 4.69) is 14.9 Å². The smallest absolute Gasteiger partial charge is 0.335 e. The van der Waals surface area contributed by atoms with Crippen LogP contribution in [0, 0.1) is 0 Å². The molecule has 3 saturated heterocycles. The van der Waals surface area contributed by atoms with Crippen molar-refractivity contribution in [3.63, 3.8) is 0 Å². The molecule has 14 nitrogen and oxygen atoms in total. The zero-order valence-electron chi connectivity index (χ0n) is 25.7. The van der Waals surface area contributed by atoms with Crippen LogP contribution in [-0.2, 0) is 30.8 Å². The lowest BCUT2D eigenvalue weighted by Gasteiger charge is -2.50. The minimum absolute atomic E-state index is 0.0999. The van der Waals surface area contributed by atoms with Crippen molar-refractivity contribution >= 4 is 44.0 Å². The van der Waals surface area contributed by atoms with Gasteiger partial charge >= 0.3 is 5.69 Å². The summed E-state index contributed by atoms with van der Waals surface area (Å²) in [5.41, 5.74) is -2.16. The number of aryl methyl sites for hydroxylation is 1. The van der Waals surface area contributed by atoms with Crippen LogP contribution in [0.1, 0.15) is 25.3 Å². The third-order valence-electron chi connectivity index (χ3n) is 8.83. The van der Waals surface area contributed by atoms with Crippen LogP contribution >= 0.6 is 11.3 Å². The first kappa shape index (κ1) is 32.8. The lowest BCUT2D eigenvalue weighted by atomic mass is 9.91. The van der Waals surface area contributed by atoms with Crippen LogP contribution in [0.5, 0.6) is 0 Å². The molecule has 3 aliphatic rings. The van der Waals surface area contributed by atoms with Crippen molar-refractivity contribution in [1.29, 1.82) is 0 Å². The number of halogens is 3. The van der Waals surface area contributed by atoms with Gasteiger partial charge in [0.15, 0.2) is 10.6 Å². The molecular formula is C27H35F3N8O6S2. The molecule has 1 amide bonds. The summed E-state index contributed by atoms with van der Waals surface area (Å²) < 4.78 is 84.0. The number of piperazine rings is 1. The second kappa shape index (κ2) is 11.9. The second-order valence-corrected chi connectivity index (χ2v) is 14.7. The molecule has 3 fully saturated rings. The van der Waals surface area contributed by atoms with Gasteiger partial charge in [-0.3, -0.25) is 14.3 Å². The number of alkyl halides is 3. The van der Waals surface area contributed by atoms with Crippen molar-refractivity contribution in [3.05, 3.63) is 27.6 Å². The maximum atomic E-state index is 13.9. The van der Waals surface area contributed by atoms with Gasteiger partial charge in [-0.25, -0.2) is 31.0 Å². The number of carbonyl (C=O) groups is 1. The number of benzene rings is 1. The molecule has 0 aliphatic carbocycles. The molecule has 0 bridgehead atoms. The number of carbonyl (C=O) groups excluding carboxylic acids is 1. The molecule has 3 aromatic rings. The van der Waals surface area contributed by atoms with E-state index in [-0.39, 0.29) is 60.3 Å². The van der Waals surface area contributed by atoms with Crippen molar-refractivity contribution in [2.24, 2.45) is 0 Å². The number of nitrogens with one attached hydrogen (secondary N) is 1. The van der Waals surface area contributed by atoms with Crippen LogP contribution < -0.4 is 15.3 Å². The Morgan fingerprint density at radius 1 is 1.24 bits per heavy atom. The number of likely N-dealkylation sites (N-methyl/N-ethyl adjacent to an activating group) is 1. The second-order valence-electron chi connectivity index (χ2n) is 12.1. The Morgan fingerprint density at radius 3 is 2.48 bits per heavy atom. The minimum Gasteiger partial charge on any atom is -0.377 e. The highest BCUT2D eigenvalue weighted by Crippen LogP contribution is 2.36. The first-order chi connectivity index (χ1) is 21.8. The molecule has 0 unspecified atom stereocenters. The van der Waals surface area contributed by atoms with Gasteiger partial charge in [-0.1, -0.05) is 11.3 Å². The van der Waals surface area contributed by atoms with Crippen molar-refractivity contribution in [3.8, 4) is 5.13 Å².